The maximum atomic E-state index is 12.2. The Morgan fingerprint density at radius 3 is 2.78 bits per heavy atom. The zero-order valence-electron chi connectivity index (χ0n) is 12.6. The lowest BCUT2D eigenvalue weighted by Gasteiger charge is -2.10. The Kier molecular flexibility index (Phi) is 6.01. The second-order valence-electron chi connectivity index (χ2n) is 4.60. The van der Waals surface area contributed by atoms with Crippen molar-refractivity contribution in [3.8, 4) is 5.75 Å². The molecule has 0 fully saturated rings. The molecule has 0 aliphatic carbocycles. The standard InChI is InChI=1S/C16H15ClN2O3S/c1-10(20)19-12-6-5-11(8-15(12)23-2)13(21)9-22-14-4-3-7-18-16(14)17/h3-8H,9H2,1-2H3,(H,19,20). The number of pyridine rings is 1. The number of carbonyl (C=O) groups excluding carboxylic acids is 2. The molecule has 23 heavy (non-hydrogen) atoms. The molecule has 1 amide bonds. The van der Waals surface area contributed by atoms with Gasteiger partial charge in [-0.3, -0.25) is 9.59 Å². The highest BCUT2D eigenvalue weighted by atomic mass is 35.5. The highest BCUT2D eigenvalue weighted by Crippen LogP contribution is 2.27. The summed E-state index contributed by atoms with van der Waals surface area (Å²) in [6.45, 7) is 1.30. The molecule has 1 aromatic heterocycles. The first-order valence-corrected chi connectivity index (χ1v) is 8.33. The number of benzene rings is 1. The Hall–Kier alpha value is -2.05. The van der Waals surface area contributed by atoms with Crippen LogP contribution < -0.4 is 10.1 Å². The minimum atomic E-state index is -0.186. The number of hydrogen-bond acceptors (Lipinski definition) is 5. The SMILES string of the molecule is CSc1cc(C(=O)COc2cccnc2Cl)ccc1NC(C)=O. The molecule has 0 aliphatic rings. The molecule has 2 rings (SSSR count). The van der Waals surface area contributed by atoms with E-state index in [1.54, 1.807) is 36.5 Å². The first kappa shape index (κ1) is 17.3. The van der Waals surface area contributed by atoms with Gasteiger partial charge in [-0.05, 0) is 36.6 Å². The van der Waals surface area contributed by atoms with Crippen LogP contribution in [0.25, 0.3) is 0 Å². The van der Waals surface area contributed by atoms with Gasteiger partial charge < -0.3 is 10.1 Å². The Balaban J connectivity index is 2.10. The van der Waals surface area contributed by atoms with E-state index in [-0.39, 0.29) is 23.5 Å². The van der Waals surface area contributed by atoms with E-state index in [1.165, 1.54) is 18.7 Å². The molecule has 0 saturated carbocycles. The van der Waals surface area contributed by atoms with E-state index in [4.69, 9.17) is 16.3 Å². The molecule has 1 heterocycles. The van der Waals surface area contributed by atoms with E-state index < -0.39 is 0 Å². The smallest absolute Gasteiger partial charge is 0.221 e. The molecule has 5 nitrogen and oxygen atoms in total. The number of Topliss-reactive ketones (excluding diaryl/α,β-unsaturated/α-hetero) is 1. The first-order chi connectivity index (χ1) is 11.0. The zero-order valence-corrected chi connectivity index (χ0v) is 14.2. The van der Waals surface area contributed by atoms with Gasteiger partial charge in [0.05, 0.1) is 5.69 Å². The Morgan fingerprint density at radius 1 is 1.35 bits per heavy atom. The predicted octanol–water partition coefficient (Wildman–Crippen LogP) is 3.68. The topological polar surface area (TPSA) is 68.3 Å². The molecule has 7 heteroatoms. The first-order valence-electron chi connectivity index (χ1n) is 6.73. The van der Waals surface area contributed by atoms with Crippen LogP contribution in [0.4, 0.5) is 5.69 Å². The van der Waals surface area contributed by atoms with Crippen molar-refractivity contribution in [2.45, 2.75) is 11.8 Å². The number of amides is 1. The molecule has 0 radical (unpaired) electrons. The third kappa shape index (κ3) is 4.71. The lowest BCUT2D eigenvalue weighted by Crippen LogP contribution is -2.13. The molecule has 0 bridgehead atoms. The summed E-state index contributed by atoms with van der Waals surface area (Å²) in [6.07, 6.45) is 3.42. The molecule has 2 aromatic rings. The summed E-state index contributed by atoms with van der Waals surface area (Å²) in [5, 5.41) is 2.94. The molecule has 120 valence electrons. The van der Waals surface area contributed by atoms with Crippen LogP contribution in [0.15, 0.2) is 41.4 Å². The van der Waals surface area contributed by atoms with Gasteiger partial charge in [-0.2, -0.15) is 0 Å². The maximum Gasteiger partial charge on any atom is 0.221 e. The van der Waals surface area contributed by atoms with E-state index in [9.17, 15) is 9.59 Å². The second kappa shape index (κ2) is 7.99. The summed E-state index contributed by atoms with van der Waals surface area (Å²) in [7, 11) is 0. The summed E-state index contributed by atoms with van der Waals surface area (Å²) in [5.74, 6) is 0.0194. The largest absolute Gasteiger partial charge is 0.482 e. The molecule has 1 aromatic carbocycles. The summed E-state index contributed by atoms with van der Waals surface area (Å²) in [5.41, 5.74) is 1.18. The number of nitrogens with zero attached hydrogens (tertiary/aromatic N) is 1. The molecule has 0 atom stereocenters. The number of ketones is 1. The van der Waals surface area contributed by atoms with Crippen LogP contribution in [0.1, 0.15) is 17.3 Å². The van der Waals surface area contributed by atoms with Crippen LogP contribution in [-0.2, 0) is 4.79 Å². The van der Waals surface area contributed by atoms with Gasteiger partial charge in [0, 0.05) is 23.6 Å². The number of halogens is 1. The Bertz CT molecular complexity index is 737. The van der Waals surface area contributed by atoms with Crippen molar-refractivity contribution in [3.63, 3.8) is 0 Å². The number of rotatable bonds is 6. The normalized spacial score (nSPS) is 10.2. The maximum absolute atomic E-state index is 12.2. The van der Waals surface area contributed by atoms with Crippen LogP contribution >= 0.6 is 23.4 Å². The predicted molar refractivity (Wildman–Crippen MR) is 91.6 cm³/mol. The highest BCUT2D eigenvalue weighted by Gasteiger charge is 2.12. The molecule has 1 N–H and O–H groups in total. The third-order valence-electron chi connectivity index (χ3n) is 2.92. The van der Waals surface area contributed by atoms with E-state index in [0.717, 1.165) is 4.90 Å². The van der Waals surface area contributed by atoms with Crippen molar-refractivity contribution < 1.29 is 14.3 Å². The number of thioether (sulfide) groups is 1. The van der Waals surface area contributed by atoms with Crippen LogP contribution in [0, 0.1) is 0 Å². The fourth-order valence-corrected chi connectivity index (χ4v) is 2.62. The van der Waals surface area contributed by atoms with E-state index in [1.807, 2.05) is 6.26 Å². The van der Waals surface area contributed by atoms with Crippen LogP contribution in [-0.4, -0.2) is 29.5 Å². The van der Waals surface area contributed by atoms with Gasteiger partial charge in [-0.25, -0.2) is 4.98 Å². The Labute approximate surface area is 143 Å². The molecule has 0 saturated heterocycles. The fraction of sp³-hybridized carbons (Fsp3) is 0.188. The van der Waals surface area contributed by atoms with Gasteiger partial charge in [0.1, 0.15) is 0 Å². The Morgan fingerprint density at radius 2 is 2.13 bits per heavy atom. The van der Waals surface area contributed by atoms with Gasteiger partial charge in [0.15, 0.2) is 23.3 Å². The van der Waals surface area contributed by atoms with Gasteiger partial charge in [0.25, 0.3) is 0 Å². The van der Waals surface area contributed by atoms with Crippen molar-refractivity contribution in [2.75, 3.05) is 18.2 Å². The number of carbonyl (C=O) groups is 2. The average molecular weight is 351 g/mol. The summed E-state index contributed by atoms with van der Waals surface area (Å²) in [4.78, 5) is 28.1. The van der Waals surface area contributed by atoms with Gasteiger partial charge >= 0.3 is 0 Å². The molecular weight excluding hydrogens is 336 g/mol. The summed E-state index contributed by atoms with van der Waals surface area (Å²) in [6, 6.07) is 8.42. The van der Waals surface area contributed by atoms with E-state index >= 15 is 0 Å². The highest BCUT2D eigenvalue weighted by molar-refractivity contribution is 7.98. The molecule has 0 unspecified atom stereocenters. The van der Waals surface area contributed by atoms with Crippen molar-refractivity contribution >= 4 is 40.7 Å². The van der Waals surface area contributed by atoms with E-state index in [2.05, 4.69) is 10.3 Å². The lowest BCUT2D eigenvalue weighted by atomic mass is 10.1. The van der Waals surface area contributed by atoms with E-state index in [0.29, 0.717) is 17.0 Å². The van der Waals surface area contributed by atoms with Crippen molar-refractivity contribution in [3.05, 3.63) is 47.2 Å². The van der Waals surface area contributed by atoms with Crippen molar-refractivity contribution in [1.29, 1.82) is 0 Å². The molecule has 0 aliphatic heterocycles. The van der Waals surface area contributed by atoms with Gasteiger partial charge in [0.2, 0.25) is 5.91 Å². The third-order valence-corrected chi connectivity index (χ3v) is 3.98. The number of hydrogen-bond donors (Lipinski definition) is 1. The van der Waals surface area contributed by atoms with Crippen LogP contribution in [0.5, 0.6) is 5.75 Å². The minimum absolute atomic E-state index is 0.140. The van der Waals surface area contributed by atoms with Crippen LogP contribution in [0.3, 0.4) is 0 Å². The van der Waals surface area contributed by atoms with Gasteiger partial charge in [-0.1, -0.05) is 11.6 Å². The number of nitrogens with one attached hydrogen (secondary N) is 1. The average Bonchev–Trinajstić information content (AvgIpc) is 2.53. The zero-order chi connectivity index (χ0) is 16.8. The number of anilines is 1. The van der Waals surface area contributed by atoms with Crippen molar-refractivity contribution in [1.82, 2.24) is 4.98 Å². The van der Waals surface area contributed by atoms with Crippen molar-refractivity contribution in [2.24, 2.45) is 0 Å². The molecule has 0 spiro atoms. The monoisotopic (exact) mass is 350 g/mol. The summed E-state index contributed by atoms with van der Waals surface area (Å²) >= 11 is 7.33. The molecular formula is C16H15ClN2O3S. The number of ether oxygens (including phenoxy) is 1. The minimum Gasteiger partial charge on any atom is -0.482 e. The fourth-order valence-electron chi connectivity index (χ4n) is 1.86. The summed E-state index contributed by atoms with van der Waals surface area (Å²) < 4.78 is 5.40. The van der Waals surface area contributed by atoms with Crippen LogP contribution in [0.2, 0.25) is 5.15 Å². The van der Waals surface area contributed by atoms with Gasteiger partial charge in [-0.15, -0.1) is 11.8 Å². The number of aromatic nitrogens is 1. The second-order valence-corrected chi connectivity index (χ2v) is 5.81. The lowest BCUT2D eigenvalue weighted by molar-refractivity contribution is -0.114. The quantitative estimate of drug-likeness (QED) is 0.489.